The van der Waals surface area contributed by atoms with E-state index in [-0.39, 0.29) is 16.8 Å². The van der Waals surface area contributed by atoms with Gasteiger partial charge in [-0.1, -0.05) is 42.5 Å². The standard InChI is InChI=1S/C21H23F3NO5/c22-21(23,24)30-17-8-6-16(7-9-17)18(12-26)19(13-27)25(10-11-25)20(28)29-14-15-4-2-1-3-5-15/h1-9,18-19,26-27H,10-14H2/q+1. The molecule has 1 fully saturated rings. The molecule has 0 aliphatic carbocycles. The third-order valence-corrected chi connectivity index (χ3v) is 5.30. The van der Waals surface area contributed by atoms with Gasteiger partial charge in [0.2, 0.25) is 0 Å². The van der Waals surface area contributed by atoms with E-state index in [4.69, 9.17) is 4.74 Å². The second-order valence-electron chi connectivity index (χ2n) is 7.18. The molecule has 2 atom stereocenters. The summed E-state index contributed by atoms with van der Waals surface area (Å²) in [5.41, 5.74) is 1.32. The van der Waals surface area contributed by atoms with Crippen molar-refractivity contribution >= 4 is 6.09 Å². The third-order valence-electron chi connectivity index (χ3n) is 5.30. The van der Waals surface area contributed by atoms with Gasteiger partial charge in [-0.05, 0) is 23.3 Å². The Morgan fingerprint density at radius 2 is 1.63 bits per heavy atom. The average molecular weight is 426 g/mol. The third kappa shape index (κ3) is 5.10. The van der Waals surface area contributed by atoms with Gasteiger partial charge < -0.3 is 19.7 Å². The van der Waals surface area contributed by atoms with E-state index in [0.717, 1.165) is 17.7 Å². The van der Waals surface area contributed by atoms with Crippen LogP contribution in [0.1, 0.15) is 17.0 Å². The summed E-state index contributed by atoms with van der Waals surface area (Å²) in [6.45, 7) is 0.198. The van der Waals surface area contributed by atoms with E-state index >= 15 is 0 Å². The molecule has 0 saturated carbocycles. The number of hydrogen-bond donors (Lipinski definition) is 2. The second kappa shape index (κ2) is 9.03. The first kappa shape index (κ1) is 22.1. The molecule has 1 amide bonds. The number of nitrogens with zero attached hydrogens (tertiary/aromatic N) is 1. The molecule has 2 N–H and O–H groups in total. The van der Waals surface area contributed by atoms with Gasteiger partial charge in [0.05, 0.1) is 19.1 Å². The molecule has 0 aromatic heterocycles. The largest absolute Gasteiger partial charge is 0.573 e. The van der Waals surface area contributed by atoms with E-state index in [2.05, 4.69) is 4.74 Å². The highest BCUT2D eigenvalue weighted by atomic mass is 19.4. The van der Waals surface area contributed by atoms with E-state index in [0.29, 0.717) is 18.7 Å². The minimum absolute atomic E-state index is 0.0884. The van der Waals surface area contributed by atoms with Crippen LogP contribution < -0.4 is 4.74 Å². The van der Waals surface area contributed by atoms with Crippen LogP contribution in [0.25, 0.3) is 0 Å². The predicted molar refractivity (Wildman–Crippen MR) is 100 cm³/mol. The van der Waals surface area contributed by atoms with Gasteiger partial charge in [-0.25, -0.2) is 4.48 Å². The number of hydrogen-bond acceptors (Lipinski definition) is 5. The summed E-state index contributed by atoms with van der Waals surface area (Å²) in [5, 5.41) is 19.9. The van der Waals surface area contributed by atoms with Crippen LogP contribution in [0.15, 0.2) is 54.6 Å². The molecule has 2 unspecified atom stereocenters. The maximum atomic E-state index is 12.8. The summed E-state index contributed by atoms with van der Waals surface area (Å²) in [4.78, 5) is 12.8. The van der Waals surface area contributed by atoms with Gasteiger partial charge in [0.25, 0.3) is 0 Å². The lowest BCUT2D eigenvalue weighted by atomic mass is 9.91. The second-order valence-corrected chi connectivity index (χ2v) is 7.18. The van der Waals surface area contributed by atoms with Crippen LogP contribution in [0.5, 0.6) is 5.75 Å². The molecule has 162 valence electrons. The van der Waals surface area contributed by atoms with Crippen molar-refractivity contribution in [3.05, 3.63) is 65.7 Å². The molecule has 3 rings (SSSR count). The summed E-state index contributed by atoms with van der Waals surface area (Å²) in [7, 11) is 0. The summed E-state index contributed by atoms with van der Waals surface area (Å²) < 4.78 is 46.2. The first-order valence-electron chi connectivity index (χ1n) is 9.44. The van der Waals surface area contributed by atoms with Crippen molar-refractivity contribution in [2.45, 2.75) is 24.9 Å². The SMILES string of the molecule is O=C(OCc1ccccc1)[N+]1(C(CO)C(CO)c2ccc(OC(F)(F)F)cc2)CC1. The number of amides is 1. The normalized spacial score (nSPS) is 17.1. The highest BCUT2D eigenvalue weighted by Crippen LogP contribution is 2.37. The summed E-state index contributed by atoms with van der Waals surface area (Å²) >= 11 is 0. The zero-order chi connectivity index (χ0) is 21.8. The highest BCUT2D eigenvalue weighted by molar-refractivity contribution is 5.61. The lowest BCUT2D eigenvalue weighted by Crippen LogP contribution is -2.49. The van der Waals surface area contributed by atoms with E-state index in [1.54, 1.807) is 0 Å². The van der Waals surface area contributed by atoms with Gasteiger partial charge in [-0.2, -0.15) is 4.79 Å². The smallest absolute Gasteiger partial charge is 0.415 e. The van der Waals surface area contributed by atoms with Crippen LogP contribution in [0.3, 0.4) is 0 Å². The number of aliphatic hydroxyl groups excluding tert-OH is 2. The van der Waals surface area contributed by atoms with Crippen molar-refractivity contribution in [1.82, 2.24) is 0 Å². The summed E-state index contributed by atoms with van der Waals surface area (Å²) in [5.74, 6) is -1.05. The van der Waals surface area contributed by atoms with Crippen LogP contribution in [0.2, 0.25) is 0 Å². The molecule has 2 aromatic rings. The Morgan fingerprint density at radius 1 is 1.00 bits per heavy atom. The molecule has 1 aliphatic heterocycles. The van der Waals surface area contributed by atoms with E-state index in [1.165, 1.54) is 12.1 Å². The van der Waals surface area contributed by atoms with Crippen molar-refractivity contribution in [2.24, 2.45) is 0 Å². The minimum atomic E-state index is -4.80. The Bertz CT molecular complexity index is 838. The Kier molecular flexibility index (Phi) is 6.64. The maximum Gasteiger partial charge on any atom is 0.573 e. The summed E-state index contributed by atoms with van der Waals surface area (Å²) in [6.07, 6.45) is -5.31. The molecule has 1 aliphatic rings. The molecule has 1 heterocycles. The zero-order valence-corrected chi connectivity index (χ0v) is 16.1. The van der Waals surface area contributed by atoms with Gasteiger partial charge >= 0.3 is 12.5 Å². The van der Waals surface area contributed by atoms with E-state index in [1.807, 2.05) is 30.3 Å². The number of halogens is 3. The van der Waals surface area contributed by atoms with Crippen molar-refractivity contribution in [3.8, 4) is 5.75 Å². The maximum absolute atomic E-state index is 12.8. The van der Waals surface area contributed by atoms with Crippen molar-refractivity contribution in [2.75, 3.05) is 26.3 Å². The Hall–Kier alpha value is -2.62. The van der Waals surface area contributed by atoms with Crippen LogP contribution in [0.4, 0.5) is 18.0 Å². The van der Waals surface area contributed by atoms with E-state index in [9.17, 15) is 28.2 Å². The summed E-state index contributed by atoms with van der Waals surface area (Å²) in [6, 6.07) is 13.5. The topological polar surface area (TPSA) is 76.0 Å². The molecule has 9 heteroatoms. The molecule has 6 nitrogen and oxygen atoms in total. The average Bonchev–Trinajstić information content (AvgIpc) is 3.52. The predicted octanol–water partition coefficient (Wildman–Crippen LogP) is 3.19. The Balaban J connectivity index is 1.73. The molecule has 1 saturated heterocycles. The quantitative estimate of drug-likeness (QED) is 0.501. The molecular weight excluding hydrogens is 403 g/mol. The highest BCUT2D eigenvalue weighted by Gasteiger charge is 2.59. The first-order valence-corrected chi connectivity index (χ1v) is 9.44. The van der Waals surface area contributed by atoms with Gasteiger partial charge in [0.15, 0.2) is 0 Å². The fourth-order valence-electron chi connectivity index (χ4n) is 3.60. The van der Waals surface area contributed by atoms with Gasteiger partial charge in [0, 0.05) is 0 Å². The van der Waals surface area contributed by atoms with Gasteiger partial charge in [-0.15, -0.1) is 13.2 Å². The fraction of sp³-hybridized carbons (Fsp3) is 0.381. The van der Waals surface area contributed by atoms with Crippen molar-refractivity contribution in [3.63, 3.8) is 0 Å². The Morgan fingerprint density at radius 3 is 2.13 bits per heavy atom. The zero-order valence-electron chi connectivity index (χ0n) is 16.1. The van der Waals surface area contributed by atoms with Gasteiger partial charge in [0.1, 0.15) is 31.5 Å². The van der Waals surface area contributed by atoms with E-state index < -0.39 is 37.6 Å². The molecule has 0 spiro atoms. The number of ether oxygens (including phenoxy) is 2. The lowest BCUT2D eigenvalue weighted by molar-refractivity contribution is -0.757. The van der Waals surface area contributed by atoms with Crippen LogP contribution in [-0.4, -0.2) is 59.5 Å². The molecule has 2 aromatic carbocycles. The van der Waals surface area contributed by atoms with Crippen molar-refractivity contribution in [1.29, 1.82) is 0 Å². The van der Waals surface area contributed by atoms with Crippen LogP contribution in [0, 0.1) is 0 Å². The molecule has 0 bridgehead atoms. The molecule has 0 radical (unpaired) electrons. The number of aliphatic hydroxyl groups is 2. The molecule has 30 heavy (non-hydrogen) atoms. The van der Waals surface area contributed by atoms with Crippen LogP contribution in [-0.2, 0) is 11.3 Å². The van der Waals surface area contributed by atoms with Gasteiger partial charge in [-0.3, -0.25) is 0 Å². The number of rotatable bonds is 8. The molecular formula is C21H23F3NO5+. The Labute approximate surface area is 171 Å². The number of alkyl halides is 3. The van der Waals surface area contributed by atoms with Crippen molar-refractivity contribution < 1.29 is 42.1 Å². The number of quaternary nitrogens is 1. The minimum Gasteiger partial charge on any atom is -0.415 e. The lowest BCUT2D eigenvalue weighted by Gasteiger charge is -2.30. The number of carbonyl (C=O) groups is 1. The number of benzene rings is 2. The fourth-order valence-corrected chi connectivity index (χ4v) is 3.60. The number of carbonyl (C=O) groups excluding carboxylic acids is 1. The first-order chi connectivity index (χ1) is 14.3. The van der Waals surface area contributed by atoms with Crippen LogP contribution >= 0.6 is 0 Å². The monoisotopic (exact) mass is 426 g/mol.